The highest BCUT2D eigenvalue weighted by atomic mass is 19.1. The number of hydrogen-bond acceptors (Lipinski definition) is 4. The van der Waals surface area contributed by atoms with E-state index in [9.17, 15) is 18.8 Å². The number of carbonyl (C=O) groups excluding carboxylic acids is 3. The van der Waals surface area contributed by atoms with Gasteiger partial charge in [-0.3, -0.25) is 14.4 Å². The van der Waals surface area contributed by atoms with Gasteiger partial charge in [0.05, 0.1) is 6.42 Å². The molecule has 0 saturated carbocycles. The Hall–Kier alpha value is -2.77. The number of carbonyl (C=O) groups is 3. The van der Waals surface area contributed by atoms with E-state index in [2.05, 4.69) is 10.5 Å². The summed E-state index contributed by atoms with van der Waals surface area (Å²) < 4.78 is 13.7. The molecule has 0 bridgehead atoms. The SMILES string of the molecule is O=C1CCC(C(=O)N2CCCN(C(=O)Cc3ccccc3F)CC2)=NN1. The molecule has 0 spiro atoms. The Morgan fingerprint density at radius 3 is 2.54 bits per heavy atom. The maximum atomic E-state index is 13.7. The minimum absolute atomic E-state index is 0.0133. The summed E-state index contributed by atoms with van der Waals surface area (Å²) in [5.74, 6) is -0.924. The third kappa shape index (κ3) is 4.25. The maximum Gasteiger partial charge on any atom is 0.270 e. The fraction of sp³-hybridized carbons (Fsp3) is 0.444. The zero-order chi connectivity index (χ0) is 18.5. The molecular weight excluding hydrogens is 339 g/mol. The zero-order valence-electron chi connectivity index (χ0n) is 14.4. The number of hydrazone groups is 1. The molecule has 1 aromatic rings. The molecule has 1 N–H and O–H groups in total. The van der Waals surface area contributed by atoms with E-state index < -0.39 is 0 Å². The molecular formula is C18H21FN4O3. The molecule has 3 rings (SSSR count). The average molecular weight is 360 g/mol. The van der Waals surface area contributed by atoms with E-state index in [4.69, 9.17) is 0 Å². The monoisotopic (exact) mass is 360 g/mol. The Morgan fingerprint density at radius 2 is 1.81 bits per heavy atom. The highest BCUT2D eigenvalue weighted by Gasteiger charge is 2.27. The Balaban J connectivity index is 1.58. The van der Waals surface area contributed by atoms with Gasteiger partial charge in [0.15, 0.2) is 0 Å². The fourth-order valence-corrected chi connectivity index (χ4v) is 3.10. The molecule has 8 heteroatoms. The van der Waals surface area contributed by atoms with Crippen LogP contribution in [0.4, 0.5) is 4.39 Å². The topological polar surface area (TPSA) is 82.1 Å². The second-order valence-electron chi connectivity index (χ2n) is 6.39. The van der Waals surface area contributed by atoms with Gasteiger partial charge in [0, 0.05) is 39.0 Å². The summed E-state index contributed by atoms with van der Waals surface area (Å²) in [6, 6.07) is 6.25. The Bertz CT molecular complexity index is 750. The van der Waals surface area contributed by atoms with Crippen LogP contribution in [0.15, 0.2) is 29.4 Å². The van der Waals surface area contributed by atoms with E-state index in [1.165, 1.54) is 6.07 Å². The third-order valence-corrected chi connectivity index (χ3v) is 4.59. The van der Waals surface area contributed by atoms with Crippen LogP contribution in [0.1, 0.15) is 24.8 Å². The van der Waals surface area contributed by atoms with Gasteiger partial charge in [0.2, 0.25) is 11.8 Å². The Morgan fingerprint density at radius 1 is 1.08 bits per heavy atom. The van der Waals surface area contributed by atoms with Crippen molar-refractivity contribution >= 4 is 23.4 Å². The van der Waals surface area contributed by atoms with Crippen molar-refractivity contribution in [2.24, 2.45) is 5.10 Å². The lowest BCUT2D eigenvalue weighted by Gasteiger charge is -2.23. The van der Waals surface area contributed by atoms with Crippen LogP contribution in [0.25, 0.3) is 0 Å². The van der Waals surface area contributed by atoms with Crippen LogP contribution in [0, 0.1) is 5.82 Å². The first-order valence-electron chi connectivity index (χ1n) is 8.70. The van der Waals surface area contributed by atoms with Gasteiger partial charge in [-0.1, -0.05) is 18.2 Å². The van der Waals surface area contributed by atoms with Gasteiger partial charge in [-0.05, 0) is 18.1 Å². The molecule has 2 aliphatic heterocycles. The highest BCUT2D eigenvalue weighted by molar-refractivity contribution is 6.39. The molecule has 1 saturated heterocycles. The van der Waals surface area contributed by atoms with Crippen LogP contribution in [0.5, 0.6) is 0 Å². The van der Waals surface area contributed by atoms with Gasteiger partial charge in [0.1, 0.15) is 11.5 Å². The summed E-state index contributed by atoms with van der Waals surface area (Å²) in [6.07, 6.45) is 1.25. The molecule has 0 radical (unpaired) electrons. The van der Waals surface area contributed by atoms with Gasteiger partial charge in [-0.15, -0.1) is 0 Å². The van der Waals surface area contributed by atoms with E-state index in [1.807, 2.05) is 0 Å². The van der Waals surface area contributed by atoms with Crippen molar-refractivity contribution in [3.8, 4) is 0 Å². The summed E-state index contributed by atoms with van der Waals surface area (Å²) in [4.78, 5) is 39.5. The molecule has 26 heavy (non-hydrogen) atoms. The normalized spacial score (nSPS) is 18.0. The van der Waals surface area contributed by atoms with E-state index in [1.54, 1.807) is 28.0 Å². The van der Waals surface area contributed by atoms with Crippen molar-refractivity contribution in [2.75, 3.05) is 26.2 Å². The summed E-state index contributed by atoms with van der Waals surface area (Å²) in [6.45, 7) is 1.85. The fourth-order valence-electron chi connectivity index (χ4n) is 3.10. The molecule has 0 aromatic heterocycles. The molecule has 138 valence electrons. The molecule has 7 nitrogen and oxygen atoms in total. The number of hydrogen-bond donors (Lipinski definition) is 1. The predicted octanol–water partition coefficient (Wildman–Crippen LogP) is 0.695. The van der Waals surface area contributed by atoms with Gasteiger partial charge >= 0.3 is 0 Å². The van der Waals surface area contributed by atoms with E-state index in [0.717, 1.165) is 0 Å². The predicted molar refractivity (Wildman–Crippen MR) is 92.7 cm³/mol. The van der Waals surface area contributed by atoms with Crippen LogP contribution in [-0.4, -0.2) is 59.4 Å². The number of nitrogens with one attached hydrogen (secondary N) is 1. The first-order valence-corrected chi connectivity index (χ1v) is 8.70. The van der Waals surface area contributed by atoms with Crippen LogP contribution in [-0.2, 0) is 20.8 Å². The smallest absolute Gasteiger partial charge is 0.270 e. The second-order valence-corrected chi connectivity index (χ2v) is 6.39. The maximum absolute atomic E-state index is 13.7. The number of halogens is 1. The van der Waals surface area contributed by atoms with Crippen molar-refractivity contribution in [3.63, 3.8) is 0 Å². The number of benzene rings is 1. The van der Waals surface area contributed by atoms with Crippen LogP contribution < -0.4 is 5.43 Å². The lowest BCUT2D eigenvalue weighted by atomic mass is 10.1. The van der Waals surface area contributed by atoms with E-state index in [0.29, 0.717) is 50.3 Å². The van der Waals surface area contributed by atoms with Crippen LogP contribution in [0.2, 0.25) is 0 Å². The quantitative estimate of drug-likeness (QED) is 0.861. The standard InChI is InChI=1S/C18H21FN4O3/c19-14-5-2-1-4-13(14)12-17(25)22-8-3-9-23(11-10-22)18(26)15-6-7-16(24)21-20-15/h1-2,4-5H,3,6-12H2,(H,21,24). The number of rotatable bonds is 3. The van der Waals surface area contributed by atoms with E-state index >= 15 is 0 Å². The van der Waals surface area contributed by atoms with Crippen molar-refractivity contribution in [2.45, 2.75) is 25.7 Å². The lowest BCUT2D eigenvalue weighted by Crippen LogP contribution is -2.42. The molecule has 1 aromatic carbocycles. The number of nitrogens with zero attached hydrogens (tertiary/aromatic N) is 3. The van der Waals surface area contributed by atoms with Crippen LogP contribution >= 0.6 is 0 Å². The molecule has 0 unspecified atom stereocenters. The second kappa shape index (κ2) is 8.07. The first-order chi connectivity index (χ1) is 12.5. The lowest BCUT2D eigenvalue weighted by molar-refractivity contribution is -0.131. The molecule has 3 amide bonds. The molecule has 2 heterocycles. The molecule has 0 atom stereocenters. The van der Waals surface area contributed by atoms with Crippen LogP contribution in [0.3, 0.4) is 0 Å². The Kier molecular flexibility index (Phi) is 5.60. The number of amides is 3. The Labute approximate surface area is 150 Å². The summed E-state index contributed by atoms with van der Waals surface area (Å²) in [7, 11) is 0. The van der Waals surface area contributed by atoms with Gasteiger partial charge in [-0.2, -0.15) is 5.10 Å². The van der Waals surface area contributed by atoms with Gasteiger partial charge in [-0.25, -0.2) is 9.82 Å². The minimum atomic E-state index is -0.384. The third-order valence-electron chi connectivity index (χ3n) is 4.59. The average Bonchev–Trinajstić information content (AvgIpc) is 2.90. The van der Waals surface area contributed by atoms with Gasteiger partial charge < -0.3 is 9.80 Å². The van der Waals surface area contributed by atoms with Crippen molar-refractivity contribution < 1.29 is 18.8 Å². The molecule has 2 aliphatic rings. The molecule has 1 fully saturated rings. The van der Waals surface area contributed by atoms with Gasteiger partial charge in [0.25, 0.3) is 5.91 Å². The van der Waals surface area contributed by atoms with Crippen molar-refractivity contribution in [3.05, 3.63) is 35.6 Å². The minimum Gasteiger partial charge on any atom is -0.341 e. The van der Waals surface area contributed by atoms with Crippen molar-refractivity contribution in [1.29, 1.82) is 0 Å². The summed E-state index contributed by atoms with van der Waals surface area (Å²) >= 11 is 0. The summed E-state index contributed by atoms with van der Waals surface area (Å²) in [5, 5.41) is 3.84. The van der Waals surface area contributed by atoms with Crippen molar-refractivity contribution in [1.82, 2.24) is 15.2 Å². The zero-order valence-corrected chi connectivity index (χ0v) is 14.4. The largest absolute Gasteiger partial charge is 0.341 e. The first kappa shape index (κ1) is 18.0. The molecule has 0 aliphatic carbocycles. The van der Waals surface area contributed by atoms with E-state index in [-0.39, 0.29) is 36.4 Å². The summed E-state index contributed by atoms with van der Waals surface area (Å²) in [5.41, 5.74) is 3.05. The highest BCUT2D eigenvalue weighted by Crippen LogP contribution is 2.12.